The number of aromatic amines is 2. The average Bonchev–Trinajstić information content (AvgIpc) is 3.12. The molecule has 10 nitrogen and oxygen atoms in total. The fourth-order valence-corrected chi connectivity index (χ4v) is 5.12. The third-order valence-corrected chi connectivity index (χ3v) is 6.73. The summed E-state index contributed by atoms with van der Waals surface area (Å²) >= 11 is 0. The third-order valence-electron chi connectivity index (χ3n) is 6.12. The van der Waals surface area contributed by atoms with Gasteiger partial charge < -0.3 is 14.5 Å². The van der Waals surface area contributed by atoms with Gasteiger partial charge in [-0.05, 0) is 23.8 Å². The molecule has 0 spiro atoms. The fraction of sp³-hybridized carbons (Fsp3) is 0.240. The van der Waals surface area contributed by atoms with Crippen molar-refractivity contribution in [3.63, 3.8) is 0 Å². The number of pyridine rings is 1. The van der Waals surface area contributed by atoms with E-state index in [2.05, 4.69) is 14.7 Å². The van der Waals surface area contributed by atoms with Gasteiger partial charge in [0, 0.05) is 40.0 Å². The number of benzene rings is 2. The Balaban J connectivity index is 1.77. The minimum Gasteiger partial charge on any atom is -0.496 e. The molecule has 4 aromatic rings. The van der Waals surface area contributed by atoms with Crippen LogP contribution in [0.5, 0.6) is 11.5 Å². The van der Waals surface area contributed by atoms with Crippen molar-refractivity contribution in [2.45, 2.75) is 19.3 Å². The van der Waals surface area contributed by atoms with E-state index in [1.807, 2.05) is 19.9 Å². The van der Waals surface area contributed by atoms with Gasteiger partial charge in [-0.1, -0.05) is 26.0 Å². The summed E-state index contributed by atoms with van der Waals surface area (Å²) in [7, 11) is -1.81. The molecule has 0 saturated carbocycles. The van der Waals surface area contributed by atoms with E-state index in [-0.39, 0.29) is 5.56 Å². The standard InChI is InChI=1S/C25H24N4O6S/c1-25(2)12-35-22-18(17-11-27-24(31)28-23(17)30)20-16(21(34-3)19(22)25)9-14(10-26-20)13-5-7-15(8-6-13)29-36(4,32)33/h5-11,29H,12H2,1-4H3,(H2,27,28,30,31). The Morgan fingerprint density at radius 3 is 2.50 bits per heavy atom. The molecular weight excluding hydrogens is 484 g/mol. The largest absolute Gasteiger partial charge is 0.496 e. The molecule has 2 aromatic carbocycles. The molecule has 0 unspecified atom stereocenters. The average molecular weight is 509 g/mol. The Kier molecular flexibility index (Phi) is 5.40. The zero-order valence-corrected chi connectivity index (χ0v) is 20.9. The molecule has 1 aliphatic rings. The summed E-state index contributed by atoms with van der Waals surface area (Å²) < 4.78 is 37.4. The van der Waals surface area contributed by atoms with E-state index in [4.69, 9.17) is 14.5 Å². The van der Waals surface area contributed by atoms with E-state index in [1.165, 1.54) is 6.20 Å². The van der Waals surface area contributed by atoms with Gasteiger partial charge in [-0.2, -0.15) is 0 Å². The first-order chi connectivity index (χ1) is 17.0. The van der Waals surface area contributed by atoms with Crippen LogP contribution in [0.1, 0.15) is 19.4 Å². The van der Waals surface area contributed by atoms with Crippen LogP contribution >= 0.6 is 0 Å². The van der Waals surface area contributed by atoms with Gasteiger partial charge >= 0.3 is 5.69 Å². The summed E-state index contributed by atoms with van der Waals surface area (Å²) in [4.78, 5) is 33.9. The first kappa shape index (κ1) is 23.6. The molecule has 0 atom stereocenters. The van der Waals surface area contributed by atoms with Crippen LogP contribution in [0.4, 0.5) is 5.69 Å². The van der Waals surface area contributed by atoms with E-state index in [9.17, 15) is 18.0 Å². The second-order valence-electron chi connectivity index (χ2n) is 9.34. The van der Waals surface area contributed by atoms with Crippen molar-refractivity contribution >= 4 is 26.6 Å². The number of ether oxygens (including phenoxy) is 2. The van der Waals surface area contributed by atoms with Crippen LogP contribution in [-0.2, 0) is 15.4 Å². The van der Waals surface area contributed by atoms with Gasteiger partial charge in [-0.25, -0.2) is 13.2 Å². The zero-order valence-electron chi connectivity index (χ0n) is 20.1. The quantitative estimate of drug-likeness (QED) is 0.376. The second kappa shape index (κ2) is 8.23. The monoisotopic (exact) mass is 508 g/mol. The van der Waals surface area contributed by atoms with E-state index in [0.717, 1.165) is 22.9 Å². The lowest BCUT2D eigenvalue weighted by Gasteiger charge is -2.21. The fourth-order valence-electron chi connectivity index (χ4n) is 4.55. The molecule has 36 heavy (non-hydrogen) atoms. The van der Waals surface area contributed by atoms with Crippen LogP contribution in [0.3, 0.4) is 0 Å². The van der Waals surface area contributed by atoms with Crippen LogP contribution in [0.15, 0.2) is 52.3 Å². The Hall–Kier alpha value is -4.12. The van der Waals surface area contributed by atoms with Crippen molar-refractivity contribution < 1.29 is 17.9 Å². The van der Waals surface area contributed by atoms with E-state index >= 15 is 0 Å². The number of aromatic nitrogens is 3. The van der Waals surface area contributed by atoms with Crippen LogP contribution in [0.2, 0.25) is 0 Å². The highest BCUT2D eigenvalue weighted by atomic mass is 32.2. The second-order valence-corrected chi connectivity index (χ2v) is 11.1. The summed E-state index contributed by atoms with van der Waals surface area (Å²) in [5.41, 5.74) is 2.45. The molecule has 5 rings (SSSR count). The molecule has 186 valence electrons. The minimum absolute atomic E-state index is 0.229. The molecule has 0 bridgehead atoms. The summed E-state index contributed by atoms with van der Waals surface area (Å²) in [5.74, 6) is 1.09. The smallest absolute Gasteiger partial charge is 0.325 e. The molecule has 0 fully saturated rings. The number of nitrogens with one attached hydrogen (secondary N) is 3. The van der Waals surface area contributed by atoms with E-state index in [1.54, 1.807) is 37.6 Å². The lowest BCUT2D eigenvalue weighted by molar-refractivity contribution is 0.290. The maximum atomic E-state index is 12.8. The number of anilines is 1. The molecule has 0 aliphatic carbocycles. The van der Waals surface area contributed by atoms with Gasteiger partial charge in [0.25, 0.3) is 5.56 Å². The normalized spacial score (nSPS) is 14.3. The number of H-pyrrole nitrogens is 2. The Morgan fingerprint density at radius 1 is 1.14 bits per heavy atom. The highest BCUT2D eigenvalue weighted by Crippen LogP contribution is 2.53. The predicted molar refractivity (Wildman–Crippen MR) is 137 cm³/mol. The molecule has 0 saturated heterocycles. The van der Waals surface area contributed by atoms with Gasteiger partial charge in [0.1, 0.15) is 11.5 Å². The maximum Gasteiger partial charge on any atom is 0.325 e. The van der Waals surface area contributed by atoms with Crippen molar-refractivity contribution in [1.82, 2.24) is 15.0 Å². The molecule has 1 aliphatic heterocycles. The predicted octanol–water partition coefficient (Wildman–Crippen LogP) is 3.00. The Bertz CT molecular complexity index is 1740. The first-order valence-corrected chi connectivity index (χ1v) is 13.0. The molecule has 0 amide bonds. The number of hydrogen-bond acceptors (Lipinski definition) is 7. The molecule has 2 aromatic heterocycles. The molecule has 11 heteroatoms. The van der Waals surface area contributed by atoms with Gasteiger partial charge in [0.2, 0.25) is 10.0 Å². The Labute approximate surface area is 206 Å². The van der Waals surface area contributed by atoms with Crippen molar-refractivity contribution in [3.8, 4) is 33.8 Å². The molecule has 3 N–H and O–H groups in total. The topological polar surface area (TPSA) is 143 Å². The summed E-state index contributed by atoms with van der Waals surface area (Å²) in [6, 6.07) is 8.83. The number of sulfonamides is 1. The first-order valence-electron chi connectivity index (χ1n) is 11.1. The van der Waals surface area contributed by atoms with Crippen molar-refractivity contribution in [2.24, 2.45) is 0 Å². The number of hydrogen-bond donors (Lipinski definition) is 3. The lowest BCUT2D eigenvalue weighted by Crippen LogP contribution is -2.23. The van der Waals surface area contributed by atoms with Gasteiger partial charge in [-0.15, -0.1) is 0 Å². The number of nitrogens with zero attached hydrogens (tertiary/aromatic N) is 1. The maximum absolute atomic E-state index is 12.8. The SMILES string of the molecule is COc1c2c(c(-c3c[nH]c(=O)[nH]c3=O)c3ncc(-c4ccc(NS(C)(=O)=O)cc4)cc13)OCC2(C)C. The molecule has 0 radical (unpaired) electrons. The van der Waals surface area contributed by atoms with Crippen molar-refractivity contribution in [3.05, 3.63) is 69.1 Å². The number of methoxy groups -OCH3 is 1. The highest BCUT2D eigenvalue weighted by Gasteiger charge is 2.39. The number of fused-ring (bicyclic) bond motifs is 2. The highest BCUT2D eigenvalue weighted by molar-refractivity contribution is 7.92. The lowest BCUT2D eigenvalue weighted by atomic mass is 9.83. The van der Waals surface area contributed by atoms with Crippen LogP contribution in [-0.4, -0.2) is 43.3 Å². The van der Waals surface area contributed by atoms with Crippen molar-refractivity contribution in [2.75, 3.05) is 24.7 Å². The third kappa shape index (κ3) is 4.01. The Morgan fingerprint density at radius 2 is 1.86 bits per heavy atom. The van der Waals surface area contributed by atoms with Gasteiger partial charge in [0.05, 0.1) is 36.6 Å². The molecule has 3 heterocycles. The summed E-state index contributed by atoms with van der Waals surface area (Å²) in [6.07, 6.45) is 4.12. The van der Waals surface area contributed by atoms with Crippen LogP contribution in [0, 0.1) is 0 Å². The van der Waals surface area contributed by atoms with Crippen LogP contribution < -0.4 is 25.4 Å². The number of rotatable bonds is 5. The molecular formula is C25H24N4O6S. The van der Waals surface area contributed by atoms with E-state index in [0.29, 0.717) is 40.3 Å². The van der Waals surface area contributed by atoms with Crippen LogP contribution in [0.25, 0.3) is 33.2 Å². The summed E-state index contributed by atoms with van der Waals surface area (Å²) in [6.45, 7) is 4.43. The van der Waals surface area contributed by atoms with E-state index < -0.39 is 26.7 Å². The van der Waals surface area contributed by atoms with Gasteiger partial charge in [-0.3, -0.25) is 19.5 Å². The summed E-state index contributed by atoms with van der Waals surface area (Å²) in [5, 5.41) is 0.672. The minimum atomic E-state index is -3.39. The van der Waals surface area contributed by atoms with Gasteiger partial charge in [0.15, 0.2) is 0 Å². The zero-order chi connectivity index (χ0) is 25.8. The van der Waals surface area contributed by atoms with Crippen molar-refractivity contribution in [1.29, 1.82) is 0 Å².